The van der Waals surface area contributed by atoms with Crippen LogP contribution in [0.4, 0.5) is 5.69 Å². The first-order valence-electron chi connectivity index (χ1n) is 12.1. The largest absolute Gasteiger partial charge is 0.289 e. The molecule has 0 spiro atoms. The second kappa shape index (κ2) is 7.47. The van der Waals surface area contributed by atoms with Crippen LogP contribution in [0.15, 0.2) is 66.7 Å². The van der Waals surface area contributed by atoms with Crippen molar-refractivity contribution >= 4 is 34.1 Å². The van der Waals surface area contributed by atoms with Gasteiger partial charge in [-0.15, -0.1) is 0 Å². The van der Waals surface area contributed by atoms with Crippen molar-refractivity contribution in [2.75, 3.05) is 4.90 Å². The summed E-state index contributed by atoms with van der Waals surface area (Å²) in [6.45, 7) is 8.29. The first-order chi connectivity index (χ1) is 16.8. The summed E-state index contributed by atoms with van der Waals surface area (Å²) in [6.07, 6.45) is 0. The van der Waals surface area contributed by atoms with E-state index in [9.17, 15) is 14.4 Å². The monoisotopic (exact) mass is 459 g/mol. The second-order valence-electron chi connectivity index (χ2n) is 9.99. The number of hydrogen-bond donors (Lipinski definition) is 0. The zero-order valence-corrected chi connectivity index (χ0v) is 20.2. The molecule has 6 rings (SSSR count). The third-order valence-corrected chi connectivity index (χ3v) is 7.30. The van der Waals surface area contributed by atoms with Gasteiger partial charge in [0, 0.05) is 33.0 Å². The summed E-state index contributed by atoms with van der Waals surface area (Å²) in [6, 6.07) is 20.7. The van der Waals surface area contributed by atoms with E-state index in [-0.39, 0.29) is 29.4 Å². The zero-order chi connectivity index (χ0) is 24.6. The van der Waals surface area contributed by atoms with Gasteiger partial charge in [0.25, 0.3) is 11.8 Å². The third kappa shape index (κ3) is 2.83. The maximum absolute atomic E-state index is 14.0. The van der Waals surface area contributed by atoms with Gasteiger partial charge in [0.1, 0.15) is 0 Å². The number of nitrogens with zero attached hydrogens (tertiary/aromatic N) is 1. The van der Waals surface area contributed by atoms with Crippen molar-refractivity contribution in [1.29, 1.82) is 0 Å². The molecule has 1 aliphatic heterocycles. The molecule has 35 heavy (non-hydrogen) atoms. The van der Waals surface area contributed by atoms with E-state index in [1.54, 1.807) is 12.1 Å². The Morgan fingerprint density at radius 3 is 1.57 bits per heavy atom. The fourth-order valence-electron chi connectivity index (χ4n) is 5.63. The molecule has 2 aliphatic rings. The normalized spacial score (nSPS) is 14.3. The molecule has 1 aliphatic carbocycles. The van der Waals surface area contributed by atoms with Crippen molar-refractivity contribution in [3.8, 4) is 11.1 Å². The highest BCUT2D eigenvalue weighted by molar-refractivity contribution is 6.39. The average molecular weight is 460 g/mol. The van der Waals surface area contributed by atoms with E-state index in [0.717, 1.165) is 22.3 Å². The Balaban J connectivity index is 1.65. The number of amides is 2. The SMILES string of the molecule is CC(C)c1cccc(C(C)C)c1N1C(=O)c2ccc3c4c(ccc(c24)C1=O)-c1ccccc1C3=O. The van der Waals surface area contributed by atoms with Crippen LogP contribution in [-0.2, 0) is 0 Å². The summed E-state index contributed by atoms with van der Waals surface area (Å²) in [5, 5.41) is 1.29. The van der Waals surface area contributed by atoms with Crippen LogP contribution in [0.5, 0.6) is 0 Å². The summed E-state index contributed by atoms with van der Waals surface area (Å²) >= 11 is 0. The Bertz CT molecular complexity index is 1560. The Labute approximate surface area is 204 Å². The molecule has 4 nitrogen and oxygen atoms in total. The van der Waals surface area contributed by atoms with Crippen molar-refractivity contribution in [3.63, 3.8) is 0 Å². The predicted octanol–water partition coefficient (Wildman–Crippen LogP) is 7.10. The smallest absolute Gasteiger partial charge is 0.266 e. The van der Waals surface area contributed by atoms with Crippen molar-refractivity contribution in [2.24, 2.45) is 0 Å². The van der Waals surface area contributed by atoms with E-state index >= 15 is 0 Å². The summed E-state index contributed by atoms with van der Waals surface area (Å²) in [5.41, 5.74) is 6.45. The van der Waals surface area contributed by atoms with Crippen LogP contribution in [0.25, 0.3) is 21.9 Å². The molecule has 0 saturated heterocycles. The minimum Gasteiger partial charge on any atom is -0.289 e. The zero-order valence-electron chi connectivity index (χ0n) is 20.2. The number of carbonyl (C=O) groups is 3. The lowest BCUT2D eigenvalue weighted by Crippen LogP contribution is -2.42. The van der Waals surface area contributed by atoms with Crippen molar-refractivity contribution in [1.82, 2.24) is 0 Å². The lowest BCUT2D eigenvalue weighted by atomic mass is 9.79. The Kier molecular flexibility index (Phi) is 4.59. The molecule has 4 aromatic rings. The highest BCUT2D eigenvalue weighted by Gasteiger charge is 2.39. The number of hydrogen-bond acceptors (Lipinski definition) is 3. The molecular weight excluding hydrogens is 434 g/mol. The Hall–Kier alpha value is -4.05. The molecule has 0 N–H and O–H groups in total. The first-order valence-corrected chi connectivity index (χ1v) is 12.1. The maximum Gasteiger partial charge on any atom is 0.266 e. The number of fused-ring (bicyclic) bond motifs is 2. The topological polar surface area (TPSA) is 54.5 Å². The van der Waals surface area contributed by atoms with Crippen LogP contribution in [-0.4, -0.2) is 17.6 Å². The van der Waals surface area contributed by atoms with Gasteiger partial charge in [0.15, 0.2) is 5.78 Å². The molecule has 2 amide bonds. The molecule has 0 radical (unpaired) electrons. The number of imide groups is 1. The van der Waals surface area contributed by atoms with Gasteiger partial charge in [-0.3, -0.25) is 14.4 Å². The van der Waals surface area contributed by atoms with Gasteiger partial charge in [-0.25, -0.2) is 4.90 Å². The van der Waals surface area contributed by atoms with Gasteiger partial charge < -0.3 is 0 Å². The minimum absolute atomic E-state index is 0.0774. The maximum atomic E-state index is 14.0. The lowest BCUT2D eigenvalue weighted by molar-refractivity contribution is 0.0891. The number of ketones is 1. The molecule has 0 aromatic heterocycles. The highest BCUT2D eigenvalue weighted by Crippen LogP contribution is 2.45. The van der Waals surface area contributed by atoms with Crippen LogP contribution in [0.3, 0.4) is 0 Å². The standard InChI is InChI=1S/C31H25NO3/c1-16(2)18-10-7-11-19(17(3)4)28(18)32-30(34)24-14-12-21-20-8-5-6-9-22(20)29(33)23-13-15-25(31(32)35)27(24)26(21)23/h5-17H,1-4H3. The summed E-state index contributed by atoms with van der Waals surface area (Å²) in [4.78, 5) is 42.8. The number of carbonyl (C=O) groups excluding carboxylic acids is 3. The van der Waals surface area contributed by atoms with Crippen LogP contribution >= 0.6 is 0 Å². The molecule has 0 saturated carbocycles. The number of benzene rings is 4. The molecule has 0 fully saturated rings. The van der Waals surface area contributed by atoms with E-state index in [0.29, 0.717) is 38.7 Å². The number of para-hydroxylation sites is 1. The molecule has 0 unspecified atom stereocenters. The van der Waals surface area contributed by atoms with Crippen LogP contribution in [0.2, 0.25) is 0 Å². The molecular formula is C31H25NO3. The van der Waals surface area contributed by atoms with Gasteiger partial charge in [-0.05, 0) is 52.3 Å². The molecule has 0 bridgehead atoms. The fraction of sp³-hybridized carbons (Fsp3) is 0.194. The summed E-state index contributed by atoms with van der Waals surface area (Å²) < 4.78 is 0. The van der Waals surface area contributed by atoms with E-state index < -0.39 is 0 Å². The van der Waals surface area contributed by atoms with Gasteiger partial charge in [0.2, 0.25) is 0 Å². The van der Waals surface area contributed by atoms with Crippen LogP contribution in [0.1, 0.15) is 87.3 Å². The Morgan fingerprint density at radius 1 is 0.514 bits per heavy atom. The van der Waals surface area contributed by atoms with Crippen LogP contribution in [0, 0.1) is 0 Å². The molecule has 0 atom stereocenters. The van der Waals surface area contributed by atoms with Gasteiger partial charge in [-0.2, -0.15) is 0 Å². The minimum atomic E-state index is -0.340. The van der Waals surface area contributed by atoms with E-state index in [1.807, 2.05) is 54.6 Å². The van der Waals surface area contributed by atoms with Crippen LogP contribution < -0.4 is 4.90 Å². The van der Waals surface area contributed by atoms with Crippen molar-refractivity contribution in [3.05, 3.63) is 100 Å². The quantitative estimate of drug-likeness (QED) is 0.270. The van der Waals surface area contributed by atoms with Crippen molar-refractivity contribution < 1.29 is 14.4 Å². The molecule has 4 aromatic carbocycles. The number of anilines is 1. The van der Waals surface area contributed by atoms with E-state index in [1.165, 1.54) is 4.90 Å². The lowest BCUT2D eigenvalue weighted by Gasteiger charge is -2.33. The molecule has 172 valence electrons. The third-order valence-electron chi connectivity index (χ3n) is 7.30. The summed E-state index contributed by atoms with van der Waals surface area (Å²) in [7, 11) is 0. The predicted molar refractivity (Wildman–Crippen MR) is 139 cm³/mol. The molecule has 1 heterocycles. The van der Waals surface area contributed by atoms with Gasteiger partial charge in [0.05, 0.1) is 5.69 Å². The number of rotatable bonds is 3. The second-order valence-corrected chi connectivity index (χ2v) is 9.99. The average Bonchev–Trinajstić information content (AvgIpc) is 2.85. The van der Waals surface area contributed by atoms with Gasteiger partial charge >= 0.3 is 0 Å². The van der Waals surface area contributed by atoms with E-state index in [4.69, 9.17) is 0 Å². The van der Waals surface area contributed by atoms with E-state index in [2.05, 4.69) is 27.7 Å². The summed E-state index contributed by atoms with van der Waals surface area (Å²) in [5.74, 6) is -0.489. The fourth-order valence-corrected chi connectivity index (χ4v) is 5.63. The molecule has 4 heteroatoms. The van der Waals surface area contributed by atoms with Crippen molar-refractivity contribution in [2.45, 2.75) is 39.5 Å². The highest BCUT2D eigenvalue weighted by atomic mass is 16.2. The van der Waals surface area contributed by atoms with Gasteiger partial charge in [-0.1, -0.05) is 76.2 Å². The Morgan fingerprint density at radius 2 is 1.00 bits per heavy atom. The first kappa shape index (κ1) is 21.5.